The third-order valence-corrected chi connectivity index (χ3v) is 3.01. The normalized spacial score (nSPS) is 17.9. The van der Waals surface area contributed by atoms with Gasteiger partial charge in [-0.2, -0.15) is 0 Å². The predicted molar refractivity (Wildman–Crippen MR) is 63.0 cm³/mol. The van der Waals surface area contributed by atoms with Crippen LogP contribution in [0.4, 0.5) is 0 Å². The van der Waals surface area contributed by atoms with E-state index in [-0.39, 0.29) is 36.7 Å². The van der Waals surface area contributed by atoms with Gasteiger partial charge in [0.15, 0.2) is 0 Å². The van der Waals surface area contributed by atoms with Gasteiger partial charge in [-0.1, -0.05) is 26.7 Å². The van der Waals surface area contributed by atoms with Crippen molar-refractivity contribution >= 4 is 17.7 Å². The molecule has 1 heterocycles. The molecular formula is C12H20N2O3. The number of piperazine rings is 1. The van der Waals surface area contributed by atoms with Crippen LogP contribution in [-0.2, 0) is 14.4 Å². The molecule has 1 fully saturated rings. The molecule has 0 aromatic heterocycles. The highest BCUT2D eigenvalue weighted by atomic mass is 16.2. The SMILES string of the molecule is CCCCC(CC)C(=O)N1CC(=O)NC(=O)C1. The molecule has 0 aromatic rings. The van der Waals surface area contributed by atoms with Crippen LogP contribution in [0, 0.1) is 5.92 Å². The molecule has 0 saturated carbocycles. The van der Waals surface area contributed by atoms with Gasteiger partial charge in [-0.05, 0) is 12.8 Å². The minimum Gasteiger partial charge on any atom is -0.324 e. The van der Waals surface area contributed by atoms with Crippen molar-refractivity contribution < 1.29 is 14.4 Å². The second-order valence-electron chi connectivity index (χ2n) is 4.41. The molecule has 0 spiro atoms. The average molecular weight is 240 g/mol. The van der Waals surface area contributed by atoms with E-state index in [2.05, 4.69) is 12.2 Å². The summed E-state index contributed by atoms with van der Waals surface area (Å²) < 4.78 is 0. The lowest BCUT2D eigenvalue weighted by atomic mass is 9.97. The molecule has 1 unspecified atom stereocenters. The number of amides is 3. The summed E-state index contributed by atoms with van der Waals surface area (Å²) in [6, 6.07) is 0. The summed E-state index contributed by atoms with van der Waals surface area (Å²) in [4.78, 5) is 35.9. The topological polar surface area (TPSA) is 66.5 Å². The summed E-state index contributed by atoms with van der Waals surface area (Å²) in [7, 11) is 0. The molecule has 0 bridgehead atoms. The van der Waals surface area contributed by atoms with Gasteiger partial charge in [0.2, 0.25) is 17.7 Å². The van der Waals surface area contributed by atoms with Gasteiger partial charge < -0.3 is 4.90 Å². The van der Waals surface area contributed by atoms with Gasteiger partial charge in [-0.3, -0.25) is 19.7 Å². The molecule has 1 rings (SSSR count). The summed E-state index contributed by atoms with van der Waals surface area (Å²) in [6.45, 7) is 4.06. The number of carbonyl (C=O) groups is 3. The van der Waals surface area contributed by atoms with Gasteiger partial charge in [-0.15, -0.1) is 0 Å². The number of imide groups is 1. The van der Waals surface area contributed by atoms with Gasteiger partial charge in [-0.25, -0.2) is 0 Å². The first-order valence-electron chi connectivity index (χ1n) is 6.19. The quantitative estimate of drug-likeness (QED) is 0.719. The van der Waals surface area contributed by atoms with E-state index in [0.29, 0.717) is 0 Å². The van der Waals surface area contributed by atoms with Crippen LogP contribution in [0.5, 0.6) is 0 Å². The number of unbranched alkanes of at least 4 members (excludes halogenated alkanes) is 1. The second-order valence-corrected chi connectivity index (χ2v) is 4.41. The number of rotatable bonds is 5. The molecule has 17 heavy (non-hydrogen) atoms. The summed E-state index contributed by atoms with van der Waals surface area (Å²) in [5, 5.41) is 2.19. The van der Waals surface area contributed by atoms with Crippen LogP contribution in [0.2, 0.25) is 0 Å². The lowest BCUT2D eigenvalue weighted by molar-refractivity contribution is -0.147. The fraction of sp³-hybridized carbons (Fsp3) is 0.750. The minimum atomic E-state index is -0.389. The van der Waals surface area contributed by atoms with E-state index < -0.39 is 0 Å². The Labute approximate surface area is 102 Å². The number of hydrogen-bond donors (Lipinski definition) is 1. The zero-order valence-corrected chi connectivity index (χ0v) is 10.5. The Balaban J connectivity index is 2.60. The van der Waals surface area contributed by atoms with Gasteiger partial charge >= 0.3 is 0 Å². The smallest absolute Gasteiger partial charge is 0.246 e. The highest BCUT2D eigenvalue weighted by Crippen LogP contribution is 2.16. The number of nitrogens with one attached hydrogen (secondary N) is 1. The van der Waals surface area contributed by atoms with Gasteiger partial charge in [0, 0.05) is 5.92 Å². The van der Waals surface area contributed by atoms with E-state index >= 15 is 0 Å². The fourth-order valence-corrected chi connectivity index (χ4v) is 2.00. The molecule has 0 aromatic carbocycles. The largest absolute Gasteiger partial charge is 0.324 e. The summed E-state index contributed by atoms with van der Waals surface area (Å²) >= 11 is 0. The first kappa shape index (κ1) is 13.7. The zero-order chi connectivity index (χ0) is 12.8. The van der Waals surface area contributed by atoms with E-state index in [9.17, 15) is 14.4 Å². The van der Waals surface area contributed by atoms with Crippen LogP contribution in [0.15, 0.2) is 0 Å². The molecule has 0 radical (unpaired) electrons. The Hall–Kier alpha value is -1.39. The van der Waals surface area contributed by atoms with Crippen LogP contribution in [0.1, 0.15) is 39.5 Å². The van der Waals surface area contributed by atoms with Crippen molar-refractivity contribution in [1.82, 2.24) is 10.2 Å². The number of carbonyl (C=O) groups excluding carboxylic acids is 3. The Kier molecular flexibility index (Phi) is 5.12. The molecular weight excluding hydrogens is 220 g/mol. The maximum atomic E-state index is 12.1. The van der Waals surface area contributed by atoms with Crippen LogP contribution >= 0.6 is 0 Å². The second kappa shape index (κ2) is 6.37. The number of hydrogen-bond acceptors (Lipinski definition) is 3. The van der Waals surface area contributed by atoms with Gasteiger partial charge in [0.25, 0.3) is 0 Å². The van der Waals surface area contributed by atoms with E-state index in [1.54, 1.807) is 0 Å². The van der Waals surface area contributed by atoms with Crippen LogP contribution in [-0.4, -0.2) is 35.7 Å². The van der Waals surface area contributed by atoms with Crippen molar-refractivity contribution in [3.63, 3.8) is 0 Å². The molecule has 1 aliphatic rings. The minimum absolute atomic E-state index is 0.00714. The third kappa shape index (κ3) is 3.84. The Morgan fingerprint density at radius 2 is 1.88 bits per heavy atom. The van der Waals surface area contributed by atoms with Crippen molar-refractivity contribution in [2.45, 2.75) is 39.5 Å². The highest BCUT2D eigenvalue weighted by molar-refractivity contribution is 6.02. The van der Waals surface area contributed by atoms with E-state index in [0.717, 1.165) is 25.7 Å². The van der Waals surface area contributed by atoms with Crippen LogP contribution < -0.4 is 5.32 Å². The lowest BCUT2D eigenvalue weighted by Gasteiger charge is -2.28. The average Bonchev–Trinajstić information content (AvgIpc) is 2.28. The Bertz CT molecular complexity index is 299. The van der Waals surface area contributed by atoms with E-state index in [1.165, 1.54) is 4.90 Å². The molecule has 1 atom stereocenters. The molecule has 0 aliphatic carbocycles. The summed E-state index contributed by atoms with van der Waals surface area (Å²) in [5.74, 6) is -0.905. The lowest BCUT2D eigenvalue weighted by Crippen LogP contribution is -2.54. The van der Waals surface area contributed by atoms with Crippen molar-refractivity contribution in [1.29, 1.82) is 0 Å². The van der Waals surface area contributed by atoms with Gasteiger partial charge in [0.1, 0.15) is 13.1 Å². The molecule has 96 valence electrons. The summed E-state index contributed by atoms with van der Waals surface area (Å²) in [6.07, 6.45) is 3.63. The number of nitrogens with zero attached hydrogens (tertiary/aromatic N) is 1. The monoisotopic (exact) mass is 240 g/mol. The Morgan fingerprint density at radius 1 is 1.29 bits per heavy atom. The molecule has 5 nitrogen and oxygen atoms in total. The molecule has 1 N–H and O–H groups in total. The Morgan fingerprint density at radius 3 is 2.35 bits per heavy atom. The first-order chi connectivity index (χ1) is 8.08. The highest BCUT2D eigenvalue weighted by Gasteiger charge is 2.29. The van der Waals surface area contributed by atoms with Crippen LogP contribution in [0.25, 0.3) is 0 Å². The maximum absolute atomic E-state index is 12.1. The summed E-state index contributed by atoms with van der Waals surface area (Å²) in [5.41, 5.74) is 0. The fourth-order valence-electron chi connectivity index (χ4n) is 2.00. The molecule has 1 saturated heterocycles. The molecule has 1 aliphatic heterocycles. The maximum Gasteiger partial charge on any atom is 0.246 e. The molecule has 5 heteroatoms. The van der Waals surface area contributed by atoms with Gasteiger partial charge in [0.05, 0.1) is 0 Å². The standard InChI is InChI=1S/C12H20N2O3/c1-3-5-6-9(4-2)12(17)14-7-10(15)13-11(16)8-14/h9H,3-8H2,1-2H3,(H,13,15,16). The zero-order valence-electron chi connectivity index (χ0n) is 10.5. The van der Waals surface area contributed by atoms with Crippen molar-refractivity contribution in [2.24, 2.45) is 5.92 Å². The van der Waals surface area contributed by atoms with Crippen molar-refractivity contribution in [3.8, 4) is 0 Å². The van der Waals surface area contributed by atoms with Crippen LogP contribution in [0.3, 0.4) is 0 Å². The first-order valence-corrected chi connectivity index (χ1v) is 6.19. The van der Waals surface area contributed by atoms with Crippen molar-refractivity contribution in [3.05, 3.63) is 0 Å². The van der Waals surface area contributed by atoms with Crippen molar-refractivity contribution in [2.75, 3.05) is 13.1 Å². The molecule has 3 amide bonds. The predicted octanol–water partition coefficient (Wildman–Crippen LogP) is 0.688. The van der Waals surface area contributed by atoms with E-state index in [1.807, 2.05) is 6.92 Å². The van der Waals surface area contributed by atoms with E-state index in [4.69, 9.17) is 0 Å². The third-order valence-electron chi connectivity index (χ3n) is 3.01.